The molecule has 0 aliphatic carbocycles. The van der Waals surface area contributed by atoms with Gasteiger partial charge in [0.25, 0.3) is 0 Å². The highest BCUT2D eigenvalue weighted by Crippen LogP contribution is 2.21. The minimum Gasteiger partial charge on any atom is -0.388 e. The van der Waals surface area contributed by atoms with Gasteiger partial charge >= 0.3 is 0 Å². The SMILES string of the molecule is CCC(CC)n1ccc(CC(O)c2ccc(Cl)cc2)n1. The van der Waals surface area contributed by atoms with Crippen LogP contribution in [0.3, 0.4) is 0 Å². The molecular weight excluding hydrogens is 272 g/mol. The summed E-state index contributed by atoms with van der Waals surface area (Å²) in [6.07, 6.45) is 4.11. The second kappa shape index (κ2) is 6.91. The van der Waals surface area contributed by atoms with Gasteiger partial charge in [-0.2, -0.15) is 5.10 Å². The van der Waals surface area contributed by atoms with Gasteiger partial charge in [-0.3, -0.25) is 4.68 Å². The molecule has 1 unspecified atom stereocenters. The van der Waals surface area contributed by atoms with Crippen molar-refractivity contribution in [2.24, 2.45) is 0 Å². The van der Waals surface area contributed by atoms with Crippen molar-refractivity contribution in [3.63, 3.8) is 0 Å². The van der Waals surface area contributed by atoms with Gasteiger partial charge < -0.3 is 5.11 Å². The van der Waals surface area contributed by atoms with Gasteiger partial charge in [-0.05, 0) is 36.6 Å². The number of halogens is 1. The number of hydrogen-bond acceptors (Lipinski definition) is 2. The van der Waals surface area contributed by atoms with Crippen molar-refractivity contribution in [1.82, 2.24) is 9.78 Å². The van der Waals surface area contributed by atoms with Gasteiger partial charge in [-0.25, -0.2) is 0 Å². The summed E-state index contributed by atoms with van der Waals surface area (Å²) in [4.78, 5) is 0. The lowest BCUT2D eigenvalue weighted by molar-refractivity contribution is 0.176. The molecule has 1 N–H and O–H groups in total. The van der Waals surface area contributed by atoms with E-state index in [1.54, 1.807) is 12.1 Å². The van der Waals surface area contributed by atoms with Crippen LogP contribution in [0, 0.1) is 0 Å². The van der Waals surface area contributed by atoms with Crippen LogP contribution >= 0.6 is 11.6 Å². The summed E-state index contributed by atoms with van der Waals surface area (Å²) in [6.45, 7) is 4.33. The molecule has 0 spiro atoms. The first-order valence-corrected chi connectivity index (χ1v) is 7.49. The summed E-state index contributed by atoms with van der Waals surface area (Å²) in [5, 5.41) is 15.5. The highest BCUT2D eigenvalue weighted by molar-refractivity contribution is 6.30. The monoisotopic (exact) mass is 292 g/mol. The third kappa shape index (κ3) is 3.62. The summed E-state index contributed by atoms with van der Waals surface area (Å²) >= 11 is 5.85. The van der Waals surface area contributed by atoms with E-state index >= 15 is 0 Å². The Morgan fingerprint density at radius 1 is 1.15 bits per heavy atom. The molecule has 0 amide bonds. The number of benzene rings is 1. The van der Waals surface area contributed by atoms with Crippen LogP contribution in [-0.2, 0) is 6.42 Å². The molecule has 0 aliphatic heterocycles. The molecule has 0 saturated carbocycles. The topological polar surface area (TPSA) is 38.0 Å². The van der Waals surface area contributed by atoms with Crippen LogP contribution in [0.25, 0.3) is 0 Å². The minimum absolute atomic E-state index is 0.441. The Labute approximate surface area is 125 Å². The maximum Gasteiger partial charge on any atom is 0.0846 e. The average Bonchev–Trinajstić information content (AvgIpc) is 2.89. The Balaban J connectivity index is 2.04. The van der Waals surface area contributed by atoms with Crippen molar-refractivity contribution < 1.29 is 5.11 Å². The van der Waals surface area contributed by atoms with Gasteiger partial charge in [0.05, 0.1) is 17.8 Å². The molecule has 1 heterocycles. The van der Waals surface area contributed by atoms with Crippen LogP contribution in [0.5, 0.6) is 0 Å². The molecule has 0 bridgehead atoms. The van der Waals surface area contributed by atoms with Crippen molar-refractivity contribution in [3.05, 3.63) is 52.8 Å². The van der Waals surface area contributed by atoms with E-state index in [2.05, 4.69) is 18.9 Å². The summed E-state index contributed by atoms with van der Waals surface area (Å²) < 4.78 is 2.00. The maximum atomic E-state index is 10.2. The van der Waals surface area contributed by atoms with E-state index in [1.165, 1.54) is 0 Å². The van der Waals surface area contributed by atoms with Crippen molar-refractivity contribution >= 4 is 11.6 Å². The van der Waals surface area contributed by atoms with E-state index < -0.39 is 6.10 Å². The minimum atomic E-state index is -0.544. The van der Waals surface area contributed by atoms with E-state index in [9.17, 15) is 5.11 Å². The van der Waals surface area contributed by atoms with E-state index in [1.807, 2.05) is 29.1 Å². The molecule has 2 rings (SSSR count). The fraction of sp³-hybridized carbons (Fsp3) is 0.438. The zero-order chi connectivity index (χ0) is 14.5. The molecule has 0 radical (unpaired) electrons. The highest BCUT2D eigenvalue weighted by atomic mass is 35.5. The van der Waals surface area contributed by atoms with Gasteiger partial charge in [0.1, 0.15) is 0 Å². The van der Waals surface area contributed by atoms with Gasteiger partial charge in [-0.1, -0.05) is 37.6 Å². The predicted octanol–water partition coefficient (Wildman–Crippen LogP) is 4.17. The molecule has 20 heavy (non-hydrogen) atoms. The number of hydrogen-bond donors (Lipinski definition) is 1. The largest absolute Gasteiger partial charge is 0.388 e. The van der Waals surface area contributed by atoms with Crippen LogP contribution in [0.4, 0.5) is 0 Å². The summed E-state index contributed by atoms with van der Waals surface area (Å²) in [5.74, 6) is 0. The number of nitrogens with zero attached hydrogens (tertiary/aromatic N) is 2. The van der Waals surface area contributed by atoms with E-state index in [-0.39, 0.29) is 0 Å². The first kappa shape index (κ1) is 15.1. The number of aliphatic hydroxyl groups excluding tert-OH is 1. The number of rotatable bonds is 6. The molecule has 1 aromatic heterocycles. The summed E-state index contributed by atoms with van der Waals surface area (Å²) in [5.41, 5.74) is 1.78. The molecule has 0 fully saturated rings. The predicted molar refractivity (Wildman–Crippen MR) is 82.0 cm³/mol. The fourth-order valence-corrected chi connectivity index (χ4v) is 2.48. The zero-order valence-corrected chi connectivity index (χ0v) is 12.7. The van der Waals surface area contributed by atoms with E-state index in [0.29, 0.717) is 17.5 Å². The molecule has 1 atom stereocenters. The standard InChI is InChI=1S/C16H21ClN2O/c1-3-15(4-2)19-10-9-14(18-19)11-16(20)12-5-7-13(17)8-6-12/h5-10,15-16,20H,3-4,11H2,1-2H3. The number of aromatic nitrogens is 2. The quantitative estimate of drug-likeness (QED) is 0.867. The van der Waals surface area contributed by atoms with Crippen LogP contribution < -0.4 is 0 Å². The normalized spacial score (nSPS) is 12.8. The molecule has 108 valence electrons. The lowest BCUT2D eigenvalue weighted by Gasteiger charge is -2.13. The molecule has 4 heteroatoms. The Morgan fingerprint density at radius 3 is 2.40 bits per heavy atom. The van der Waals surface area contributed by atoms with Crippen LogP contribution in [0.1, 0.15) is 50.1 Å². The zero-order valence-electron chi connectivity index (χ0n) is 12.0. The second-order valence-electron chi connectivity index (χ2n) is 5.03. The molecule has 3 nitrogen and oxygen atoms in total. The third-order valence-electron chi connectivity index (χ3n) is 3.64. The lowest BCUT2D eigenvalue weighted by Crippen LogP contribution is -2.09. The smallest absolute Gasteiger partial charge is 0.0846 e. The van der Waals surface area contributed by atoms with Crippen LogP contribution in [0.2, 0.25) is 5.02 Å². The van der Waals surface area contributed by atoms with Gasteiger partial charge in [0.15, 0.2) is 0 Å². The Hall–Kier alpha value is -1.32. The maximum absolute atomic E-state index is 10.2. The van der Waals surface area contributed by atoms with Gasteiger partial charge in [0.2, 0.25) is 0 Å². The number of aliphatic hydroxyl groups is 1. The van der Waals surface area contributed by atoms with Crippen LogP contribution in [-0.4, -0.2) is 14.9 Å². The van der Waals surface area contributed by atoms with E-state index in [4.69, 9.17) is 11.6 Å². The first-order valence-electron chi connectivity index (χ1n) is 7.11. The van der Waals surface area contributed by atoms with Crippen LogP contribution in [0.15, 0.2) is 36.5 Å². The summed E-state index contributed by atoms with van der Waals surface area (Å²) in [7, 11) is 0. The first-order chi connectivity index (χ1) is 9.63. The Bertz CT molecular complexity index is 532. The molecule has 0 saturated heterocycles. The van der Waals surface area contributed by atoms with Crippen molar-refractivity contribution in [2.45, 2.75) is 45.3 Å². The third-order valence-corrected chi connectivity index (χ3v) is 3.89. The highest BCUT2D eigenvalue weighted by Gasteiger charge is 2.12. The molecule has 2 aromatic rings. The Kier molecular flexibility index (Phi) is 5.21. The summed E-state index contributed by atoms with van der Waals surface area (Å²) in [6, 6.07) is 9.72. The van der Waals surface area contributed by atoms with Crippen molar-refractivity contribution in [1.29, 1.82) is 0 Å². The fourth-order valence-electron chi connectivity index (χ4n) is 2.35. The Morgan fingerprint density at radius 2 is 1.80 bits per heavy atom. The van der Waals surface area contributed by atoms with Gasteiger partial charge in [0, 0.05) is 17.6 Å². The lowest BCUT2D eigenvalue weighted by atomic mass is 10.1. The average molecular weight is 293 g/mol. The van der Waals surface area contributed by atoms with Gasteiger partial charge in [-0.15, -0.1) is 0 Å². The van der Waals surface area contributed by atoms with Crippen molar-refractivity contribution in [3.8, 4) is 0 Å². The van der Waals surface area contributed by atoms with Crippen molar-refractivity contribution in [2.75, 3.05) is 0 Å². The molecule has 0 aliphatic rings. The molecular formula is C16H21ClN2O. The van der Waals surface area contributed by atoms with E-state index in [0.717, 1.165) is 24.1 Å². The molecule has 1 aromatic carbocycles. The second-order valence-corrected chi connectivity index (χ2v) is 5.47.